The van der Waals surface area contributed by atoms with E-state index in [-0.39, 0.29) is 4.90 Å². The molecule has 10 heteroatoms. The molecule has 0 fully saturated rings. The van der Waals surface area contributed by atoms with Crippen molar-refractivity contribution in [1.29, 1.82) is 0 Å². The molecule has 3 N–H and O–H groups in total. The Labute approximate surface area is 119 Å². The van der Waals surface area contributed by atoms with Crippen molar-refractivity contribution in [3.63, 3.8) is 0 Å². The molecule has 0 spiro atoms. The van der Waals surface area contributed by atoms with Crippen molar-refractivity contribution < 1.29 is 23.4 Å². The van der Waals surface area contributed by atoms with Crippen LogP contribution in [0.5, 0.6) is 0 Å². The highest BCUT2D eigenvalue weighted by Crippen LogP contribution is 2.12. The van der Waals surface area contributed by atoms with E-state index in [1.807, 2.05) is 4.72 Å². The lowest BCUT2D eigenvalue weighted by Crippen LogP contribution is -2.43. The highest BCUT2D eigenvalue weighted by Gasteiger charge is 2.24. The molecular formula is C11H12N4O5S. The maximum atomic E-state index is 12.0. The first-order chi connectivity index (χ1) is 9.94. The molecule has 1 aromatic heterocycles. The fourth-order valence-corrected chi connectivity index (χ4v) is 2.71. The zero-order valence-electron chi connectivity index (χ0n) is 10.6. The number of carboxylic acid groups (broad SMARTS) is 1. The third kappa shape index (κ3) is 3.42. The second-order valence-electron chi connectivity index (χ2n) is 4.01. The smallest absolute Gasteiger partial charge is 0.324 e. The molecule has 1 heterocycles. The van der Waals surface area contributed by atoms with Crippen molar-refractivity contribution in [3.8, 4) is 5.69 Å². The second kappa shape index (κ2) is 5.99. The minimum Gasteiger partial charge on any atom is -0.480 e. The van der Waals surface area contributed by atoms with Gasteiger partial charge in [0.15, 0.2) is 0 Å². The Morgan fingerprint density at radius 1 is 1.24 bits per heavy atom. The maximum Gasteiger partial charge on any atom is 0.324 e. The molecule has 0 bridgehead atoms. The van der Waals surface area contributed by atoms with Crippen LogP contribution in [0.1, 0.15) is 0 Å². The average molecular weight is 312 g/mol. The third-order valence-corrected chi connectivity index (χ3v) is 4.06. The molecule has 21 heavy (non-hydrogen) atoms. The molecule has 0 aliphatic carbocycles. The van der Waals surface area contributed by atoms with Gasteiger partial charge < -0.3 is 10.2 Å². The molecule has 1 atom stereocenters. The minimum atomic E-state index is -4.04. The summed E-state index contributed by atoms with van der Waals surface area (Å²) in [6.07, 6.45) is 2.95. The van der Waals surface area contributed by atoms with Gasteiger partial charge in [-0.3, -0.25) is 4.79 Å². The molecule has 2 rings (SSSR count). The molecule has 0 unspecified atom stereocenters. The summed E-state index contributed by atoms with van der Waals surface area (Å²) < 4.78 is 25.9. The molecule has 0 saturated heterocycles. The molecule has 0 radical (unpaired) electrons. The lowest BCUT2D eigenvalue weighted by atomic mass is 10.3. The van der Waals surface area contributed by atoms with E-state index in [9.17, 15) is 13.2 Å². The van der Waals surface area contributed by atoms with Gasteiger partial charge in [0.05, 0.1) is 29.6 Å². The molecule has 0 aliphatic heterocycles. The van der Waals surface area contributed by atoms with E-state index in [0.717, 1.165) is 0 Å². The highest BCUT2D eigenvalue weighted by atomic mass is 32.2. The van der Waals surface area contributed by atoms with Crippen LogP contribution in [0, 0.1) is 0 Å². The van der Waals surface area contributed by atoms with E-state index < -0.39 is 28.6 Å². The summed E-state index contributed by atoms with van der Waals surface area (Å²) in [7, 11) is -4.04. The summed E-state index contributed by atoms with van der Waals surface area (Å²) in [6.45, 7) is -0.843. The van der Waals surface area contributed by atoms with Crippen LogP contribution in [0.3, 0.4) is 0 Å². The molecule has 9 nitrogen and oxygen atoms in total. The summed E-state index contributed by atoms with van der Waals surface area (Å²) in [4.78, 5) is 11.9. The number of aliphatic hydroxyl groups is 1. The van der Waals surface area contributed by atoms with Crippen molar-refractivity contribution >= 4 is 16.0 Å². The Kier molecular flexibility index (Phi) is 4.31. The van der Waals surface area contributed by atoms with Gasteiger partial charge in [-0.15, -0.1) is 0 Å². The number of carboxylic acids is 1. The Morgan fingerprint density at radius 3 is 2.29 bits per heavy atom. The molecule has 0 saturated carbocycles. The van der Waals surface area contributed by atoms with E-state index in [1.165, 1.54) is 41.5 Å². The third-order valence-electron chi connectivity index (χ3n) is 2.57. The average Bonchev–Trinajstić information content (AvgIpc) is 2.99. The molecule has 0 aliphatic rings. The number of carbonyl (C=O) groups is 1. The zero-order valence-corrected chi connectivity index (χ0v) is 11.4. The van der Waals surface area contributed by atoms with Gasteiger partial charge in [0.1, 0.15) is 6.04 Å². The van der Waals surface area contributed by atoms with Crippen LogP contribution in [-0.4, -0.2) is 52.2 Å². The summed E-state index contributed by atoms with van der Waals surface area (Å²) in [5.41, 5.74) is 0.552. The number of hydrogen-bond donors (Lipinski definition) is 3. The Morgan fingerprint density at radius 2 is 1.81 bits per heavy atom. The minimum absolute atomic E-state index is 0.127. The van der Waals surface area contributed by atoms with Crippen LogP contribution in [-0.2, 0) is 14.8 Å². The number of hydrogen-bond acceptors (Lipinski definition) is 6. The van der Waals surface area contributed by atoms with Crippen molar-refractivity contribution in [2.75, 3.05) is 6.61 Å². The van der Waals surface area contributed by atoms with Crippen molar-refractivity contribution in [2.45, 2.75) is 10.9 Å². The van der Waals surface area contributed by atoms with Gasteiger partial charge in [-0.05, 0) is 24.3 Å². The lowest BCUT2D eigenvalue weighted by molar-refractivity contribution is -0.139. The van der Waals surface area contributed by atoms with Crippen LogP contribution in [0.2, 0.25) is 0 Å². The SMILES string of the molecule is O=C(O)[C@H](CO)NS(=O)(=O)c1ccc(-n2nccn2)cc1. The van der Waals surface area contributed by atoms with E-state index >= 15 is 0 Å². The number of nitrogens with zero attached hydrogens (tertiary/aromatic N) is 3. The van der Waals surface area contributed by atoms with Gasteiger partial charge in [-0.2, -0.15) is 19.7 Å². The molecule has 0 amide bonds. The largest absolute Gasteiger partial charge is 0.480 e. The molecule has 112 valence electrons. The Bertz CT molecular complexity index is 712. The number of sulfonamides is 1. The number of nitrogens with one attached hydrogen (secondary N) is 1. The van der Waals surface area contributed by atoms with E-state index in [0.29, 0.717) is 5.69 Å². The van der Waals surface area contributed by atoms with E-state index in [1.54, 1.807) is 0 Å². The monoisotopic (exact) mass is 312 g/mol. The van der Waals surface area contributed by atoms with Gasteiger partial charge >= 0.3 is 5.97 Å². The fourth-order valence-electron chi connectivity index (χ4n) is 1.53. The number of aromatic nitrogens is 3. The number of rotatable bonds is 6. The van der Waals surface area contributed by atoms with Gasteiger partial charge in [-0.1, -0.05) is 0 Å². The highest BCUT2D eigenvalue weighted by molar-refractivity contribution is 7.89. The van der Waals surface area contributed by atoms with Crippen LogP contribution in [0.25, 0.3) is 5.69 Å². The van der Waals surface area contributed by atoms with E-state index in [2.05, 4.69) is 10.2 Å². The van der Waals surface area contributed by atoms with Crippen LogP contribution in [0.4, 0.5) is 0 Å². The van der Waals surface area contributed by atoms with Crippen molar-refractivity contribution in [2.24, 2.45) is 0 Å². The molecule has 1 aromatic carbocycles. The first kappa shape index (κ1) is 15.1. The van der Waals surface area contributed by atoms with Crippen LogP contribution >= 0.6 is 0 Å². The maximum absolute atomic E-state index is 12.0. The zero-order chi connectivity index (χ0) is 15.5. The van der Waals surface area contributed by atoms with Crippen molar-refractivity contribution in [1.82, 2.24) is 19.7 Å². The van der Waals surface area contributed by atoms with Gasteiger partial charge in [-0.25, -0.2) is 8.42 Å². The molecular weight excluding hydrogens is 300 g/mol. The summed E-state index contributed by atoms with van der Waals surface area (Å²) in [6, 6.07) is 3.93. The number of aliphatic carboxylic acids is 1. The van der Waals surface area contributed by atoms with Crippen LogP contribution in [0.15, 0.2) is 41.6 Å². The van der Waals surface area contributed by atoms with Crippen molar-refractivity contribution in [3.05, 3.63) is 36.7 Å². The summed E-state index contributed by atoms with van der Waals surface area (Å²) in [5, 5.41) is 25.4. The second-order valence-corrected chi connectivity index (χ2v) is 5.72. The number of benzene rings is 1. The molecule has 2 aromatic rings. The predicted molar refractivity (Wildman–Crippen MR) is 70.2 cm³/mol. The lowest BCUT2D eigenvalue weighted by Gasteiger charge is -2.12. The van der Waals surface area contributed by atoms with Gasteiger partial charge in [0.2, 0.25) is 10.0 Å². The van der Waals surface area contributed by atoms with Gasteiger partial charge in [0, 0.05) is 0 Å². The quantitative estimate of drug-likeness (QED) is 0.622. The fraction of sp³-hybridized carbons (Fsp3) is 0.182. The Hall–Kier alpha value is -2.30. The predicted octanol–water partition coefficient (Wildman–Crippen LogP) is -1.01. The topological polar surface area (TPSA) is 134 Å². The summed E-state index contributed by atoms with van der Waals surface area (Å²) in [5.74, 6) is -1.46. The normalized spacial score (nSPS) is 13.0. The first-order valence-electron chi connectivity index (χ1n) is 5.77. The first-order valence-corrected chi connectivity index (χ1v) is 7.25. The standard InChI is InChI=1S/C11H12N4O5S/c16-7-10(11(17)18)14-21(19,20)9-3-1-8(2-4-9)15-12-5-6-13-15/h1-6,10,14,16H,7H2,(H,17,18)/t10-/m0/s1. The van der Waals surface area contributed by atoms with Gasteiger partial charge in [0.25, 0.3) is 0 Å². The van der Waals surface area contributed by atoms with E-state index in [4.69, 9.17) is 10.2 Å². The Balaban J connectivity index is 2.23. The van der Waals surface area contributed by atoms with Crippen LogP contribution < -0.4 is 4.72 Å². The number of aliphatic hydroxyl groups excluding tert-OH is 1. The summed E-state index contributed by atoms with van der Waals surface area (Å²) >= 11 is 0.